The van der Waals surface area contributed by atoms with Crippen LogP contribution in [0.1, 0.15) is 11.3 Å². The van der Waals surface area contributed by atoms with Crippen molar-refractivity contribution in [1.82, 2.24) is 5.32 Å². The predicted molar refractivity (Wildman–Crippen MR) is 92.2 cm³/mol. The molecule has 2 aromatic heterocycles. The van der Waals surface area contributed by atoms with E-state index in [1.807, 2.05) is 29.7 Å². The molecule has 2 bridgehead atoms. The molecule has 2 aliphatic carbocycles. The first-order chi connectivity index (χ1) is 11.6. The van der Waals surface area contributed by atoms with Gasteiger partial charge < -0.3 is 15.2 Å². The summed E-state index contributed by atoms with van der Waals surface area (Å²) in [4.78, 5) is 27.4. The van der Waals surface area contributed by atoms with Crippen LogP contribution in [0.3, 0.4) is 0 Å². The maximum absolute atomic E-state index is 12.5. The quantitative estimate of drug-likeness (QED) is 0.834. The standard InChI is InChI=1S/C18H17NO3S2/c20-17(15-10-3-4-11(8-10)16(15)18(21)22)19-9-12-5-6-14(24-12)13-2-1-7-23-13/h1-7,10-11,15-16H,8-9H2,(H,19,20)(H,21,22)/p-1/t10-,11+,15+,16+/m0/s1. The van der Waals surface area contributed by atoms with Crippen LogP contribution >= 0.6 is 22.7 Å². The Hall–Kier alpha value is -1.92. The minimum absolute atomic E-state index is 0.0305. The average molecular weight is 358 g/mol. The third-order valence-electron chi connectivity index (χ3n) is 4.90. The number of allylic oxidation sites excluding steroid dienone is 2. The largest absolute Gasteiger partial charge is 0.550 e. The smallest absolute Gasteiger partial charge is 0.224 e. The molecular weight excluding hydrogens is 342 g/mol. The van der Waals surface area contributed by atoms with Gasteiger partial charge in [-0.25, -0.2) is 0 Å². The van der Waals surface area contributed by atoms with Gasteiger partial charge >= 0.3 is 0 Å². The summed E-state index contributed by atoms with van der Waals surface area (Å²) in [6, 6.07) is 8.16. The number of amides is 1. The van der Waals surface area contributed by atoms with Crippen LogP contribution in [0.15, 0.2) is 41.8 Å². The lowest BCUT2D eigenvalue weighted by Crippen LogP contribution is -2.44. The van der Waals surface area contributed by atoms with Crippen molar-refractivity contribution < 1.29 is 14.7 Å². The fraction of sp³-hybridized carbons (Fsp3) is 0.333. The summed E-state index contributed by atoms with van der Waals surface area (Å²) in [5.74, 6) is -2.49. The number of carbonyl (C=O) groups excluding carboxylic acids is 2. The van der Waals surface area contributed by atoms with Gasteiger partial charge in [-0.15, -0.1) is 22.7 Å². The third-order valence-corrected chi connectivity index (χ3v) is 7.05. The molecule has 4 atom stereocenters. The normalized spacial score (nSPS) is 27.5. The fourth-order valence-corrected chi connectivity index (χ4v) is 5.60. The highest BCUT2D eigenvalue weighted by atomic mass is 32.1. The Morgan fingerprint density at radius 2 is 1.92 bits per heavy atom. The first-order valence-electron chi connectivity index (χ1n) is 7.93. The van der Waals surface area contributed by atoms with E-state index in [0.717, 1.165) is 11.3 Å². The lowest BCUT2D eigenvalue weighted by molar-refractivity contribution is -0.313. The zero-order valence-electron chi connectivity index (χ0n) is 12.8. The van der Waals surface area contributed by atoms with Crippen molar-refractivity contribution in [3.63, 3.8) is 0 Å². The second-order valence-electron chi connectivity index (χ2n) is 6.28. The molecule has 124 valence electrons. The monoisotopic (exact) mass is 358 g/mol. The molecule has 2 heterocycles. The van der Waals surface area contributed by atoms with E-state index in [4.69, 9.17) is 0 Å². The zero-order valence-corrected chi connectivity index (χ0v) is 14.4. The number of hydrogen-bond acceptors (Lipinski definition) is 5. The number of carboxylic acids is 1. The molecule has 0 spiro atoms. The van der Waals surface area contributed by atoms with Gasteiger partial charge in [-0.1, -0.05) is 18.2 Å². The second kappa shape index (κ2) is 6.18. The van der Waals surface area contributed by atoms with Gasteiger partial charge in [-0.05, 0) is 41.8 Å². The Morgan fingerprint density at radius 1 is 1.12 bits per heavy atom. The van der Waals surface area contributed by atoms with E-state index in [1.54, 1.807) is 22.7 Å². The fourth-order valence-electron chi connectivity index (χ4n) is 3.82. The molecule has 6 heteroatoms. The molecular formula is C18H16NO3S2-. The van der Waals surface area contributed by atoms with Crippen LogP contribution in [0.5, 0.6) is 0 Å². The Kier molecular flexibility index (Phi) is 4.02. The van der Waals surface area contributed by atoms with Gasteiger partial charge in [0, 0.05) is 26.5 Å². The van der Waals surface area contributed by atoms with Gasteiger partial charge in [0.25, 0.3) is 0 Å². The van der Waals surface area contributed by atoms with Gasteiger partial charge in [-0.2, -0.15) is 0 Å². The molecule has 1 N–H and O–H groups in total. The molecule has 2 aliphatic rings. The van der Waals surface area contributed by atoms with Crippen LogP contribution < -0.4 is 10.4 Å². The van der Waals surface area contributed by atoms with Gasteiger partial charge in [0.2, 0.25) is 5.91 Å². The van der Waals surface area contributed by atoms with Crippen LogP contribution in [0.4, 0.5) is 0 Å². The number of thiophene rings is 2. The molecule has 0 aromatic carbocycles. The number of nitrogens with one attached hydrogen (secondary N) is 1. The number of fused-ring (bicyclic) bond motifs is 2. The number of carboxylic acid groups (broad SMARTS) is 1. The highest BCUT2D eigenvalue weighted by Crippen LogP contribution is 2.47. The average Bonchev–Trinajstić information content (AvgIpc) is 3.35. The minimum atomic E-state index is -1.11. The van der Waals surface area contributed by atoms with E-state index in [1.165, 1.54) is 9.75 Å². The van der Waals surface area contributed by atoms with Gasteiger partial charge in [0.15, 0.2) is 0 Å². The van der Waals surface area contributed by atoms with Crippen molar-refractivity contribution in [3.05, 3.63) is 46.7 Å². The van der Waals surface area contributed by atoms with E-state index in [0.29, 0.717) is 6.54 Å². The Labute approximate surface area is 147 Å². The van der Waals surface area contributed by atoms with E-state index >= 15 is 0 Å². The summed E-state index contributed by atoms with van der Waals surface area (Å²) >= 11 is 3.34. The highest BCUT2D eigenvalue weighted by Gasteiger charge is 2.48. The molecule has 4 rings (SSSR count). The number of aliphatic carboxylic acids is 1. The molecule has 4 nitrogen and oxygen atoms in total. The number of carbonyl (C=O) groups is 2. The minimum Gasteiger partial charge on any atom is -0.550 e. The molecule has 1 fully saturated rings. The van der Waals surface area contributed by atoms with Crippen molar-refractivity contribution in [2.24, 2.45) is 23.7 Å². The molecule has 24 heavy (non-hydrogen) atoms. The van der Waals surface area contributed by atoms with Crippen LogP contribution in [-0.4, -0.2) is 11.9 Å². The molecule has 2 aromatic rings. The Morgan fingerprint density at radius 3 is 2.62 bits per heavy atom. The topological polar surface area (TPSA) is 69.2 Å². The summed E-state index contributed by atoms with van der Waals surface area (Å²) in [6.07, 6.45) is 4.65. The summed E-state index contributed by atoms with van der Waals surface area (Å²) < 4.78 is 0. The molecule has 1 amide bonds. The number of rotatable bonds is 5. The summed E-state index contributed by atoms with van der Waals surface area (Å²) in [5.41, 5.74) is 0. The maximum Gasteiger partial charge on any atom is 0.224 e. The van der Waals surface area contributed by atoms with Crippen LogP contribution in [0.25, 0.3) is 9.75 Å². The Balaban J connectivity index is 1.42. The lowest BCUT2D eigenvalue weighted by atomic mass is 9.82. The first kappa shape index (κ1) is 15.6. The van der Waals surface area contributed by atoms with Gasteiger partial charge in [-0.3, -0.25) is 4.79 Å². The molecule has 0 saturated heterocycles. The SMILES string of the molecule is O=C([O-])[C@H]1[C@H](C(=O)NCc2ccc(-c3cccs3)s2)[C@H]2C=C[C@@H]1C2. The van der Waals surface area contributed by atoms with Crippen molar-refractivity contribution in [2.75, 3.05) is 0 Å². The second-order valence-corrected chi connectivity index (χ2v) is 8.40. The van der Waals surface area contributed by atoms with Gasteiger partial charge in [0.05, 0.1) is 12.5 Å². The van der Waals surface area contributed by atoms with Crippen molar-refractivity contribution in [3.8, 4) is 9.75 Å². The molecule has 0 aliphatic heterocycles. The van der Waals surface area contributed by atoms with Crippen LogP contribution in [0, 0.1) is 23.7 Å². The summed E-state index contributed by atoms with van der Waals surface area (Å²) in [5, 5.41) is 16.4. The lowest BCUT2D eigenvalue weighted by Gasteiger charge is -2.27. The first-order valence-corrected chi connectivity index (χ1v) is 9.62. The predicted octanol–water partition coefficient (Wildman–Crippen LogP) is 2.28. The highest BCUT2D eigenvalue weighted by molar-refractivity contribution is 7.21. The third kappa shape index (κ3) is 2.70. The van der Waals surface area contributed by atoms with E-state index in [9.17, 15) is 14.7 Å². The van der Waals surface area contributed by atoms with Crippen molar-refractivity contribution >= 4 is 34.6 Å². The van der Waals surface area contributed by atoms with Crippen LogP contribution in [0.2, 0.25) is 0 Å². The van der Waals surface area contributed by atoms with E-state index < -0.39 is 17.8 Å². The Bertz CT molecular complexity index is 793. The van der Waals surface area contributed by atoms with Gasteiger partial charge in [0.1, 0.15) is 0 Å². The van der Waals surface area contributed by atoms with Crippen molar-refractivity contribution in [2.45, 2.75) is 13.0 Å². The zero-order chi connectivity index (χ0) is 16.7. The van der Waals surface area contributed by atoms with Crippen LogP contribution in [-0.2, 0) is 16.1 Å². The summed E-state index contributed by atoms with van der Waals surface area (Å²) in [6.45, 7) is 0.437. The number of hydrogen-bond donors (Lipinski definition) is 1. The van der Waals surface area contributed by atoms with E-state index in [-0.39, 0.29) is 17.7 Å². The molecule has 0 unspecified atom stereocenters. The molecule has 0 radical (unpaired) electrons. The molecule has 1 saturated carbocycles. The summed E-state index contributed by atoms with van der Waals surface area (Å²) in [7, 11) is 0. The van der Waals surface area contributed by atoms with Crippen molar-refractivity contribution in [1.29, 1.82) is 0 Å². The maximum atomic E-state index is 12.5. The van der Waals surface area contributed by atoms with E-state index in [2.05, 4.69) is 17.4 Å².